The molecule has 1 aromatic carbocycles. The standard InChI is InChI=1S/C18H11N2O4.Pt/c21-17(22)15-8-2-6-13(19-15)11-4-1-5-12(10-11)14-7-3-9-16(20-14)18(23)24;/h1-9H,(H,21,22)(H,23,24);/q-1;. The van der Waals surface area contributed by atoms with Crippen LogP contribution in [0.25, 0.3) is 22.5 Å². The van der Waals surface area contributed by atoms with Gasteiger partial charge in [-0.15, -0.1) is 24.3 Å². The molecule has 0 saturated heterocycles. The predicted octanol–water partition coefficient (Wildman–Crippen LogP) is 3.00. The average molecular weight is 514 g/mol. The minimum atomic E-state index is -1.11. The Bertz CT molecular complexity index is 871. The molecule has 0 fully saturated rings. The van der Waals surface area contributed by atoms with Crippen LogP contribution >= 0.6 is 0 Å². The van der Waals surface area contributed by atoms with Crippen LogP contribution in [0.5, 0.6) is 0 Å². The van der Waals surface area contributed by atoms with Crippen molar-refractivity contribution in [2.45, 2.75) is 0 Å². The smallest absolute Gasteiger partial charge is 0.353 e. The zero-order valence-electron chi connectivity index (χ0n) is 12.6. The first-order chi connectivity index (χ1) is 11.5. The summed E-state index contributed by atoms with van der Waals surface area (Å²) < 4.78 is 0. The van der Waals surface area contributed by atoms with E-state index in [0.717, 1.165) is 0 Å². The molecular formula is C18H11N2O4Pt-. The molecule has 3 aromatic rings. The summed E-state index contributed by atoms with van der Waals surface area (Å²) in [6.45, 7) is 0. The summed E-state index contributed by atoms with van der Waals surface area (Å²) in [5, 5.41) is 18.1. The van der Waals surface area contributed by atoms with E-state index in [1.807, 2.05) is 0 Å². The van der Waals surface area contributed by atoms with Crippen LogP contribution in [0.15, 0.2) is 54.6 Å². The van der Waals surface area contributed by atoms with Gasteiger partial charge in [0.1, 0.15) is 11.4 Å². The summed E-state index contributed by atoms with van der Waals surface area (Å²) in [5.74, 6) is -2.22. The van der Waals surface area contributed by atoms with Gasteiger partial charge in [-0.3, -0.25) is 9.97 Å². The van der Waals surface area contributed by atoms with Crippen LogP contribution in [0.4, 0.5) is 0 Å². The van der Waals surface area contributed by atoms with E-state index in [1.165, 1.54) is 12.1 Å². The van der Waals surface area contributed by atoms with E-state index < -0.39 is 11.9 Å². The molecule has 2 N–H and O–H groups in total. The Balaban J connectivity index is 0.00000225. The average Bonchev–Trinajstić information content (AvgIpc) is 2.62. The summed E-state index contributed by atoms with van der Waals surface area (Å²) in [6, 6.07) is 17.8. The fraction of sp³-hybridized carbons (Fsp3) is 0. The van der Waals surface area contributed by atoms with Crippen molar-refractivity contribution >= 4 is 11.9 Å². The van der Waals surface area contributed by atoms with Gasteiger partial charge in [-0.1, -0.05) is 35.4 Å². The number of benzene rings is 1. The van der Waals surface area contributed by atoms with E-state index in [4.69, 9.17) is 10.2 Å². The van der Waals surface area contributed by atoms with Gasteiger partial charge in [0.25, 0.3) is 0 Å². The Morgan fingerprint density at radius 3 is 1.52 bits per heavy atom. The maximum Gasteiger partial charge on any atom is 0.353 e. The molecule has 3 rings (SSSR count). The van der Waals surface area contributed by atoms with E-state index >= 15 is 0 Å². The first-order valence-electron chi connectivity index (χ1n) is 6.98. The van der Waals surface area contributed by atoms with E-state index in [-0.39, 0.29) is 32.5 Å². The first kappa shape index (κ1) is 18.5. The number of hydrogen-bond donors (Lipinski definition) is 2. The molecule has 0 atom stereocenters. The largest absolute Gasteiger partial charge is 0.477 e. The number of hydrogen-bond acceptors (Lipinski definition) is 4. The number of aromatic carboxylic acids is 2. The van der Waals surface area contributed by atoms with Crippen molar-refractivity contribution in [2.24, 2.45) is 0 Å². The third kappa shape index (κ3) is 4.16. The second-order valence-electron chi connectivity index (χ2n) is 4.90. The van der Waals surface area contributed by atoms with Gasteiger partial charge in [0.05, 0.1) is 0 Å². The monoisotopic (exact) mass is 514 g/mol. The van der Waals surface area contributed by atoms with Crippen LogP contribution < -0.4 is 0 Å². The molecule has 6 nitrogen and oxygen atoms in total. The number of pyridine rings is 2. The molecule has 0 radical (unpaired) electrons. The molecule has 128 valence electrons. The van der Waals surface area contributed by atoms with Gasteiger partial charge in [0.2, 0.25) is 0 Å². The van der Waals surface area contributed by atoms with Crippen molar-refractivity contribution in [2.75, 3.05) is 0 Å². The minimum absolute atomic E-state index is 0. The fourth-order valence-electron chi connectivity index (χ4n) is 2.18. The van der Waals surface area contributed by atoms with E-state index in [1.54, 1.807) is 42.5 Å². The minimum Gasteiger partial charge on any atom is -0.477 e. The third-order valence-corrected chi connectivity index (χ3v) is 3.28. The SMILES string of the molecule is O=C(O)c1cccc(-c2[c-]c(-c3cccc(C(=O)O)n3)ccc2)n1.[Pt]. The van der Waals surface area contributed by atoms with Crippen LogP contribution in [-0.4, -0.2) is 32.1 Å². The van der Waals surface area contributed by atoms with Crippen molar-refractivity contribution in [1.29, 1.82) is 0 Å². The Morgan fingerprint density at radius 2 is 1.12 bits per heavy atom. The van der Waals surface area contributed by atoms with E-state index in [9.17, 15) is 9.59 Å². The zero-order valence-corrected chi connectivity index (χ0v) is 14.9. The molecule has 0 saturated carbocycles. The van der Waals surface area contributed by atoms with Crippen molar-refractivity contribution < 1.29 is 40.9 Å². The Labute approximate surface area is 157 Å². The summed E-state index contributed by atoms with van der Waals surface area (Å²) in [6.07, 6.45) is 0. The molecule has 0 spiro atoms. The van der Waals surface area contributed by atoms with Crippen molar-refractivity contribution in [3.05, 3.63) is 72.1 Å². The van der Waals surface area contributed by atoms with Gasteiger partial charge in [-0.05, 0) is 12.1 Å². The maximum absolute atomic E-state index is 11.0. The quantitative estimate of drug-likeness (QED) is 0.520. The molecular weight excluding hydrogens is 503 g/mol. The van der Waals surface area contributed by atoms with Gasteiger partial charge in [0, 0.05) is 32.5 Å². The number of aromatic nitrogens is 2. The molecule has 0 aliphatic rings. The van der Waals surface area contributed by atoms with Gasteiger partial charge in [-0.2, -0.15) is 0 Å². The number of rotatable bonds is 4. The predicted molar refractivity (Wildman–Crippen MR) is 85.7 cm³/mol. The normalized spacial score (nSPS) is 9.92. The Kier molecular flexibility index (Phi) is 5.78. The van der Waals surface area contributed by atoms with Crippen LogP contribution in [0.2, 0.25) is 0 Å². The van der Waals surface area contributed by atoms with E-state index in [2.05, 4.69) is 16.0 Å². The number of carboxylic acid groups (broad SMARTS) is 2. The van der Waals surface area contributed by atoms with E-state index in [0.29, 0.717) is 22.5 Å². The summed E-state index contributed by atoms with van der Waals surface area (Å²) in [5.41, 5.74) is 2.00. The van der Waals surface area contributed by atoms with Crippen LogP contribution in [0, 0.1) is 6.07 Å². The summed E-state index contributed by atoms with van der Waals surface area (Å²) in [4.78, 5) is 30.2. The molecule has 25 heavy (non-hydrogen) atoms. The zero-order chi connectivity index (χ0) is 17.1. The maximum atomic E-state index is 11.0. The molecule has 7 heteroatoms. The fourth-order valence-corrected chi connectivity index (χ4v) is 2.18. The summed E-state index contributed by atoms with van der Waals surface area (Å²) >= 11 is 0. The Morgan fingerprint density at radius 1 is 0.720 bits per heavy atom. The van der Waals surface area contributed by atoms with Crippen molar-refractivity contribution in [1.82, 2.24) is 9.97 Å². The third-order valence-electron chi connectivity index (χ3n) is 3.28. The molecule has 0 unspecified atom stereocenters. The van der Waals surface area contributed by atoms with Crippen LogP contribution in [0.1, 0.15) is 21.0 Å². The molecule has 0 aliphatic heterocycles. The van der Waals surface area contributed by atoms with Crippen molar-refractivity contribution in [3.63, 3.8) is 0 Å². The van der Waals surface area contributed by atoms with Crippen LogP contribution in [-0.2, 0) is 21.1 Å². The molecule has 2 aromatic heterocycles. The molecule has 0 aliphatic carbocycles. The number of carboxylic acids is 2. The van der Waals surface area contributed by atoms with Gasteiger partial charge < -0.3 is 10.2 Å². The number of nitrogens with zero attached hydrogens (tertiary/aromatic N) is 2. The molecule has 2 heterocycles. The van der Waals surface area contributed by atoms with Crippen LogP contribution in [0.3, 0.4) is 0 Å². The molecule has 0 bridgehead atoms. The second-order valence-corrected chi connectivity index (χ2v) is 4.90. The molecule has 0 amide bonds. The Hall–Kier alpha value is -2.85. The van der Waals surface area contributed by atoms with Crippen molar-refractivity contribution in [3.8, 4) is 22.5 Å². The summed E-state index contributed by atoms with van der Waals surface area (Å²) in [7, 11) is 0. The number of carbonyl (C=O) groups is 2. The second kappa shape index (κ2) is 7.81. The van der Waals surface area contributed by atoms with Gasteiger partial charge >= 0.3 is 11.9 Å². The topological polar surface area (TPSA) is 100 Å². The van der Waals surface area contributed by atoms with Gasteiger partial charge in [0.15, 0.2) is 0 Å². The van der Waals surface area contributed by atoms with Gasteiger partial charge in [-0.25, -0.2) is 9.59 Å². The first-order valence-corrected chi connectivity index (χ1v) is 6.98.